The van der Waals surface area contributed by atoms with Crippen molar-refractivity contribution in [3.63, 3.8) is 0 Å². The number of amides is 3. The van der Waals surface area contributed by atoms with Crippen LogP contribution in [0.1, 0.15) is 25.8 Å². The fraction of sp³-hybridized carbons (Fsp3) is 0.474. The fourth-order valence-electron chi connectivity index (χ4n) is 2.53. The van der Waals surface area contributed by atoms with Gasteiger partial charge < -0.3 is 15.5 Å². The second-order valence-electron chi connectivity index (χ2n) is 6.78. The van der Waals surface area contributed by atoms with Gasteiger partial charge in [0.1, 0.15) is 18.0 Å². The third-order valence-electron chi connectivity index (χ3n) is 4.32. The number of nitrogens with zero attached hydrogens (tertiary/aromatic N) is 2. The van der Waals surface area contributed by atoms with Gasteiger partial charge in [0, 0.05) is 12.1 Å². The first-order chi connectivity index (χ1) is 13.5. The molecule has 3 N–H and O–H groups in total. The maximum Gasteiger partial charge on any atom is 0.332 e. The number of rotatable bonds is 6. The summed E-state index contributed by atoms with van der Waals surface area (Å²) in [6.45, 7) is 2.69. The minimum atomic E-state index is -1.23. The van der Waals surface area contributed by atoms with Crippen LogP contribution in [0.3, 0.4) is 0 Å². The minimum Gasteiger partial charge on any atom is -0.479 e. The highest BCUT2D eigenvalue weighted by atomic mass is 19.1. The molecule has 1 aromatic rings. The first-order valence-corrected chi connectivity index (χ1v) is 8.91. The van der Waals surface area contributed by atoms with Crippen LogP contribution in [0.2, 0.25) is 0 Å². The van der Waals surface area contributed by atoms with Crippen molar-refractivity contribution >= 4 is 23.7 Å². The molecular weight excluding hydrogens is 385 g/mol. The van der Waals surface area contributed by atoms with Crippen LogP contribution < -0.4 is 5.32 Å². The Morgan fingerprint density at radius 2 is 1.83 bits per heavy atom. The van der Waals surface area contributed by atoms with E-state index >= 15 is 0 Å². The molecule has 1 aliphatic heterocycles. The molecule has 1 fully saturated rings. The van der Waals surface area contributed by atoms with Gasteiger partial charge in [-0.15, -0.1) is 0 Å². The van der Waals surface area contributed by atoms with Gasteiger partial charge in [-0.1, -0.05) is 18.2 Å². The molecule has 3 amide bonds. The van der Waals surface area contributed by atoms with E-state index in [1.165, 1.54) is 19.9 Å². The zero-order valence-corrected chi connectivity index (χ0v) is 16.8. The number of hydrogen-bond acceptors (Lipinski definition) is 6. The molecule has 3 atom stereocenters. The summed E-state index contributed by atoms with van der Waals surface area (Å²) < 4.78 is 13.5. The van der Waals surface area contributed by atoms with Gasteiger partial charge >= 0.3 is 5.97 Å². The molecule has 1 aromatic carbocycles. The summed E-state index contributed by atoms with van der Waals surface area (Å²) in [4.78, 5) is 48.5. The van der Waals surface area contributed by atoms with E-state index in [9.17, 15) is 23.6 Å². The van der Waals surface area contributed by atoms with Crippen LogP contribution in [0.5, 0.6) is 0 Å². The Hall–Kier alpha value is -2.85. The molecule has 1 heterocycles. The first-order valence-electron chi connectivity index (χ1n) is 8.91. The van der Waals surface area contributed by atoms with Crippen molar-refractivity contribution in [3.05, 3.63) is 35.6 Å². The zero-order valence-electron chi connectivity index (χ0n) is 16.8. The van der Waals surface area contributed by atoms with Gasteiger partial charge in [-0.2, -0.15) is 0 Å². The van der Waals surface area contributed by atoms with Crippen molar-refractivity contribution in [1.82, 2.24) is 15.1 Å². The number of aliphatic hydroxyl groups is 1. The molecule has 0 aromatic heterocycles. The molecule has 29 heavy (non-hydrogen) atoms. The average molecular weight is 411 g/mol. The predicted octanol–water partition coefficient (Wildman–Crippen LogP) is -0.0287. The topological polar surface area (TPSA) is 127 Å². The van der Waals surface area contributed by atoms with E-state index in [2.05, 4.69) is 5.32 Å². The van der Waals surface area contributed by atoms with E-state index in [1.807, 2.05) is 0 Å². The Labute approximate surface area is 168 Å². The van der Waals surface area contributed by atoms with Gasteiger partial charge in [-0.05, 0) is 34.0 Å². The minimum absolute atomic E-state index is 0.00315. The van der Waals surface area contributed by atoms with Gasteiger partial charge in [0.25, 0.3) is 0 Å². The highest BCUT2D eigenvalue weighted by molar-refractivity contribution is 6.08. The summed E-state index contributed by atoms with van der Waals surface area (Å²) in [7, 11) is 3.42. The lowest BCUT2D eigenvalue weighted by Crippen LogP contribution is -2.49. The Balaban J connectivity index is 0.000000612. The number of aliphatic hydroxyl groups excluding tert-OH is 1. The van der Waals surface area contributed by atoms with Crippen molar-refractivity contribution in [1.29, 1.82) is 0 Å². The lowest BCUT2D eigenvalue weighted by Gasteiger charge is -2.23. The molecule has 0 saturated carbocycles. The maximum absolute atomic E-state index is 13.5. The first kappa shape index (κ1) is 24.2. The van der Waals surface area contributed by atoms with E-state index in [0.29, 0.717) is 5.56 Å². The second-order valence-corrected chi connectivity index (χ2v) is 6.78. The zero-order chi connectivity index (χ0) is 22.3. The molecule has 2 rings (SSSR count). The number of aliphatic carboxylic acids is 1. The summed E-state index contributed by atoms with van der Waals surface area (Å²) in [5.41, 5.74) is 0.346. The van der Waals surface area contributed by atoms with Crippen molar-refractivity contribution < 1.29 is 33.8 Å². The second kappa shape index (κ2) is 10.6. The molecular formula is C19H26FN3O6. The van der Waals surface area contributed by atoms with E-state index in [1.54, 1.807) is 37.2 Å². The standard InChI is InChI=1S/C16H20FN3O3.C3H6O3/c1-10(20-14(21)8-13(16(20)23)19(2)3)15(22)18-9-11-6-4-5-7-12(11)17;1-2(4)3(5)6/h4-7,10,13H,8-9H2,1-3H3,(H,18,22);2,4H,1H3,(H,5,6)/t10-,13?;2-/m00/s1. The number of nitrogens with one attached hydrogen (secondary N) is 1. The van der Waals surface area contributed by atoms with Crippen LogP contribution >= 0.6 is 0 Å². The molecule has 0 radical (unpaired) electrons. The number of carboxylic acids is 1. The van der Waals surface area contributed by atoms with Crippen LogP contribution in [-0.2, 0) is 25.7 Å². The summed E-state index contributed by atoms with van der Waals surface area (Å²) in [6.07, 6.45) is -1.17. The maximum atomic E-state index is 13.5. The molecule has 0 spiro atoms. The Kier molecular flexibility index (Phi) is 8.86. The van der Waals surface area contributed by atoms with Crippen LogP contribution in [0, 0.1) is 5.82 Å². The number of hydrogen-bond donors (Lipinski definition) is 3. The van der Waals surface area contributed by atoms with Gasteiger partial charge in [0.15, 0.2) is 0 Å². The molecule has 1 unspecified atom stereocenters. The number of carbonyl (C=O) groups excluding carboxylic acids is 3. The van der Waals surface area contributed by atoms with Gasteiger partial charge in [0.05, 0.1) is 12.5 Å². The highest BCUT2D eigenvalue weighted by Crippen LogP contribution is 2.19. The number of likely N-dealkylation sites (N-methyl/N-ethyl adjacent to an activating group) is 1. The summed E-state index contributed by atoms with van der Waals surface area (Å²) in [5, 5.41) is 18.3. The Morgan fingerprint density at radius 3 is 2.28 bits per heavy atom. The van der Waals surface area contributed by atoms with Crippen LogP contribution in [0.4, 0.5) is 4.39 Å². The predicted molar refractivity (Wildman–Crippen MR) is 101 cm³/mol. The summed E-state index contributed by atoms with van der Waals surface area (Å²) >= 11 is 0. The number of halogens is 1. The van der Waals surface area contributed by atoms with E-state index in [4.69, 9.17) is 10.2 Å². The van der Waals surface area contributed by atoms with Crippen LogP contribution in [0.25, 0.3) is 0 Å². The average Bonchev–Trinajstić information content (AvgIpc) is 2.95. The SMILES string of the molecule is C[C@@H](C(=O)NCc1ccccc1F)N1C(=O)CC(N(C)C)C1=O.C[C@H](O)C(=O)O. The molecule has 1 saturated heterocycles. The molecule has 0 bridgehead atoms. The Bertz CT molecular complexity index is 768. The van der Waals surface area contributed by atoms with Crippen molar-refractivity contribution in [2.45, 2.75) is 45.0 Å². The number of carboxylic acid groups (broad SMARTS) is 1. The number of benzene rings is 1. The van der Waals surface area contributed by atoms with E-state index in [-0.39, 0.29) is 24.8 Å². The monoisotopic (exact) mass is 411 g/mol. The molecule has 9 nitrogen and oxygen atoms in total. The third-order valence-corrected chi connectivity index (χ3v) is 4.32. The lowest BCUT2D eigenvalue weighted by molar-refractivity contribution is -0.147. The molecule has 10 heteroatoms. The normalized spacial score (nSPS) is 18.2. The van der Waals surface area contributed by atoms with Crippen LogP contribution in [0.15, 0.2) is 24.3 Å². The van der Waals surface area contributed by atoms with Gasteiger partial charge in [0.2, 0.25) is 17.7 Å². The molecule has 160 valence electrons. The van der Waals surface area contributed by atoms with Gasteiger partial charge in [-0.3, -0.25) is 24.2 Å². The summed E-state index contributed by atoms with van der Waals surface area (Å²) in [6, 6.07) is 4.64. The van der Waals surface area contributed by atoms with Crippen molar-refractivity contribution in [3.8, 4) is 0 Å². The number of carbonyl (C=O) groups is 4. The highest BCUT2D eigenvalue weighted by Gasteiger charge is 2.43. The number of likely N-dealkylation sites (tertiary alicyclic amines) is 1. The summed E-state index contributed by atoms with van der Waals surface area (Å²) in [5.74, 6) is -2.85. The van der Waals surface area contributed by atoms with Crippen molar-refractivity contribution in [2.24, 2.45) is 0 Å². The third kappa shape index (κ3) is 6.61. The van der Waals surface area contributed by atoms with Crippen molar-refractivity contribution in [2.75, 3.05) is 14.1 Å². The van der Waals surface area contributed by atoms with E-state index in [0.717, 1.165) is 4.90 Å². The molecule has 0 aliphatic carbocycles. The van der Waals surface area contributed by atoms with E-state index < -0.39 is 35.9 Å². The fourth-order valence-corrected chi connectivity index (χ4v) is 2.53. The lowest BCUT2D eigenvalue weighted by atomic mass is 10.2. The quantitative estimate of drug-likeness (QED) is 0.561. The van der Waals surface area contributed by atoms with Crippen LogP contribution in [-0.4, -0.2) is 76.0 Å². The molecule has 1 aliphatic rings. The van der Waals surface area contributed by atoms with Gasteiger partial charge in [-0.25, -0.2) is 9.18 Å². The number of imide groups is 1. The largest absolute Gasteiger partial charge is 0.479 e. The Morgan fingerprint density at radius 1 is 1.28 bits per heavy atom. The smallest absolute Gasteiger partial charge is 0.332 e.